The Morgan fingerprint density at radius 1 is 1.07 bits per heavy atom. The summed E-state index contributed by atoms with van der Waals surface area (Å²) in [7, 11) is 0. The lowest BCUT2D eigenvalue weighted by Gasteiger charge is -2.32. The first-order chi connectivity index (χ1) is 14.3. The van der Waals surface area contributed by atoms with Gasteiger partial charge in [0.25, 0.3) is 5.56 Å². The SMILES string of the molecule is CCCC(=O)N(CC(C)C)C(C)c1nc2ccccc2c(=O)n1-c1ccccc1C. The van der Waals surface area contributed by atoms with Crippen LogP contribution in [-0.2, 0) is 4.79 Å². The van der Waals surface area contributed by atoms with Gasteiger partial charge in [-0.2, -0.15) is 0 Å². The second-order valence-electron chi connectivity index (χ2n) is 8.28. The van der Waals surface area contributed by atoms with Crippen molar-refractivity contribution in [1.29, 1.82) is 0 Å². The highest BCUT2D eigenvalue weighted by atomic mass is 16.2. The first-order valence-electron chi connectivity index (χ1n) is 10.7. The number of aryl methyl sites for hydroxylation is 1. The Hall–Kier alpha value is -2.95. The summed E-state index contributed by atoms with van der Waals surface area (Å²) in [5.41, 5.74) is 2.33. The highest BCUT2D eigenvalue weighted by molar-refractivity contribution is 5.79. The molecule has 30 heavy (non-hydrogen) atoms. The molecular formula is C25H31N3O2. The van der Waals surface area contributed by atoms with Crippen molar-refractivity contribution in [2.24, 2.45) is 5.92 Å². The van der Waals surface area contributed by atoms with Gasteiger partial charge in [-0.25, -0.2) is 4.98 Å². The lowest BCUT2D eigenvalue weighted by Crippen LogP contribution is -2.39. The number of carbonyl (C=O) groups is 1. The number of para-hydroxylation sites is 2. The Labute approximate surface area is 178 Å². The van der Waals surface area contributed by atoms with Crippen molar-refractivity contribution in [3.63, 3.8) is 0 Å². The summed E-state index contributed by atoms with van der Waals surface area (Å²) >= 11 is 0. The fourth-order valence-electron chi connectivity index (χ4n) is 3.84. The van der Waals surface area contributed by atoms with Gasteiger partial charge in [0.1, 0.15) is 5.82 Å². The van der Waals surface area contributed by atoms with Crippen LogP contribution in [0.15, 0.2) is 53.3 Å². The number of hydrogen-bond acceptors (Lipinski definition) is 3. The molecule has 5 heteroatoms. The molecule has 0 N–H and O–H groups in total. The smallest absolute Gasteiger partial charge is 0.266 e. The minimum absolute atomic E-state index is 0.0949. The standard InChI is InChI=1S/C25H31N3O2/c1-6-11-23(29)27(16-17(2)3)19(5)24-26-21-14-9-8-13-20(21)25(30)28(24)22-15-10-7-12-18(22)4/h7-10,12-15,17,19H,6,11,16H2,1-5H3. The maximum absolute atomic E-state index is 13.6. The van der Waals surface area contributed by atoms with Crippen LogP contribution >= 0.6 is 0 Å². The summed E-state index contributed by atoms with van der Waals surface area (Å²) < 4.78 is 1.69. The van der Waals surface area contributed by atoms with Crippen molar-refractivity contribution in [3.8, 4) is 5.69 Å². The molecule has 1 amide bonds. The molecular weight excluding hydrogens is 374 g/mol. The van der Waals surface area contributed by atoms with E-state index in [0.29, 0.717) is 35.6 Å². The molecule has 1 unspecified atom stereocenters. The number of benzene rings is 2. The van der Waals surface area contributed by atoms with Gasteiger partial charge in [0.15, 0.2) is 0 Å². The fourth-order valence-corrected chi connectivity index (χ4v) is 3.84. The number of amides is 1. The number of fused-ring (bicyclic) bond motifs is 1. The maximum Gasteiger partial charge on any atom is 0.266 e. The summed E-state index contributed by atoms with van der Waals surface area (Å²) in [5, 5.41) is 0.576. The lowest BCUT2D eigenvalue weighted by atomic mass is 10.1. The van der Waals surface area contributed by atoms with Crippen LogP contribution in [0, 0.1) is 12.8 Å². The van der Waals surface area contributed by atoms with Crippen molar-refractivity contribution >= 4 is 16.8 Å². The maximum atomic E-state index is 13.6. The van der Waals surface area contributed by atoms with Gasteiger partial charge in [-0.1, -0.05) is 51.1 Å². The topological polar surface area (TPSA) is 55.2 Å². The molecule has 3 rings (SSSR count). The molecule has 0 spiro atoms. The molecule has 1 atom stereocenters. The molecule has 1 heterocycles. The van der Waals surface area contributed by atoms with Crippen molar-refractivity contribution in [3.05, 3.63) is 70.3 Å². The number of aromatic nitrogens is 2. The van der Waals surface area contributed by atoms with E-state index in [0.717, 1.165) is 17.7 Å². The first-order valence-corrected chi connectivity index (χ1v) is 10.7. The minimum atomic E-state index is -0.330. The van der Waals surface area contributed by atoms with E-state index in [1.807, 2.05) is 74.2 Å². The summed E-state index contributed by atoms with van der Waals surface area (Å²) in [6, 6.07) is 14.9. The largest absolute Gasteiger partial charge is 0.333 e. The molecule has 0 aliphatic rings. The second-order valence-corrected chi connectivity index (χ2v) is 8.28. The molecule has 0 saturated heterocycles. The summed E-state index contributed by atoms with van der Waals surface area (Å²) in [4.78, 5) is 33.3. The second kappa shape index (κ2) is 9.24. The van der Waals surface area contributed by atoms with Gasteiger partial charge in [-0.05, 0) is 49.9 Å². The molecule has 0 bridgehead atoms. The summed E-state index contributed by atoms with van der Waals surface area (Å²) in [5.74, 6) is 1.00. The van der Waals surface area contributed by atoms with Crippen molar-refractivity contribution < 1.29 is 4.79 Å². The van der Waals surface area contributed by atoms with Crippen LogP contribution < -0.4 is 5.56 Å². The molecule has 1 aromatic heterocycles. The van der Waals surface area contributed by atoms with Crippen molar-refractivity contribution in [2.45, 2.75) is 53.5 Å². The fraction of sp³-hybridized carbons (Fsp3) is 0.400. The molecule has 0 saturated carbocycles. The van der Waals surface area contributed by atoms with E-state index in [4.69, 9.17) is 4.98 Å². The Balaban J connectivity index is 2.27. The van der Waals surface area contributed by atoms with Crippen LogP contribution in [0.2, 0.25) is 0 Å². The van der Waals surface area contributed by atoms with Gasteiger partial charge < -0.3 is 4.90 Å². The van der Waals surface area contributed by atoms with E-state index >= 15 is 0 Å². The van der Waals surface area contributed by atoms with Crippen LogP contribution in [0.4, 0.5) is 0 Å². The molecule has 2 aromatic carbocycles. The van der Waals surface area contributed by atoms with Gasteiger partial charge in [0, 0.05) is 13.0 Å². The molecule has 158 valence electrons. The van der Waals surface area contributed by atoms with Crippen LogP contribution in [-0.4, -0.2) is 26.9 Å². The molecule has 0 radical (unpaired) electrons. The third kappa shape index (κ3) is 4.30. The third-order valence-electron chi connectivity index (χ3n) is 5.35. The third-order valence-corrected chi connectivity index (χ3v) is 5.35. The predicted octanol–water partition coefficient (Wildman–Crippen LogP) is 5.04. The Morgan fingerprint density at radius 2 is 1.73 bits per heavy atom. The minimum Gasteiger partial charge on any atom is -0.333 e. The zero-order valence-corrected chi connectivity index (χ0v) is 18.6. The lowest BCUT2D eigenvalue weighted by molar-refractivity contribution is -0.134. The molecule has 0 aliphatic carbocycles. The van der Waals surface area contributed by atoms with Gasteiger partial charge in [0.2, 0.25) is 5.91 Å². The van der Waals surface area contributed by atoms with E-state index in [1.165, 1.54) is 0 Å². The van der Waals surface area contributed by atoms with Crippen LogP contribution in [0.5, 0.6) is 0 Å². The van der Waals surface area contributed by atoms with E-state index in [9.17, 15) is 9.59 Å². The van der Waals surface area contributed by atoms with Crippen molar-refractivity contribution in [2.75, 3.05) is 6.54 Å². The molecule has 0 aliphatic heterocycles. The highest BCUT2D eigenvalue weighted by Crippen LogP contribution is 2.25. The molecule has 0 fully saturated rings. The zero-order valence-electron chi connectivity index (χ0n) is 18.6. The monoisotopic (exact) mass is 405 g/mol. The normalized spacial score (nSPS) is 12.3. The van der Waals surface area contributed by atoms with Gasteiger partial charge in [0.05, 0.1) is 22.6 Å². The number of rotatable bonds is 7. The Kier molecular flexibility index (Phi) is 6.70. The zero-order chi connectivity index (χ0) is 21.8. The van der Waals surface area contributed by atoms with Crippen LogP contribution in [0.3, 0.4) is 0 Å². The van der Waals surface area contributed by atoms with Gasteiger partial charge in [-0.15, -0.1) is 0 Å². The van der Waals surface area contributed by atoms with Gasteiger partial charge >= 0.3 is 0 Å². The number of nitrogens with zero attached hydrogens (tertiary/aromatic N) is 3. The van der Waals surface area contributed by atoms with E-state index in [1.54, 1.807) is 4.57 Å². The van der Waals surface area contributed by atoms with Crippen LogP contribution in [0.25, 0.3) is 16.6 Å². The van der Waals surface area contributed by atoms with Crippen LogP contribution in [0.1, 0.15) is 58.0 Å². The number of carbonyl (C=O) groups excluding carboxylic acids is 1. The molecule has 5 nitrogen and oxygen atoms in total. The highest BCUT2D eigenvalue weighted by Gasteiger charge is 2.27. The van der Waals surface area contributed by atoms with E-state index < -0.39 is 0 Å². The van der Waals surface area contributed by atoms with E-state index in [-0.39, 0.29) is 17.5 Å². The summed E-state index contributed by atoms with van der Waals surface area (Å²) in [6.07, 6.45) is 1.27. The van der Waals surface area contributed by atoms with Gasteiger partial charge in [-0.3, -0.25) is 14.2 Å². The number of hydrogen-bond donors (Lipinski definition) is 0. The van der Waals surface area contributed by atoms with E-state index in [2.05, 4.69) is 13.8 Å². The van der Waals surface area contributed by atoms with Crippen molar-refractivity contribution in [1.82, 2.24) is 14.5 Å². The average Bonchev–Trinajstić information content (AvgIpc) is 2.72. The predicted molar refractivity (Wildman–Crippen MR) is 122 cm³/mol. The Bertz CT molecular complexity index is 1100. The Morgan fingerprint density at radius 3 is 2.40 bits per heavy atom. The quantitative estimate of drug-likeness (QED) is 0.553. The summed E-state index contributed by atoms with van der Waals surface area (Å²) in [6.45, 7) is 10.8. The molecule has 3 aromatic rings. The first kappa shape index (κ1) is 21.8. The average molecular weight is 406 g/mol.